The highest BCUT2D eigenvalue weighted by molar-refractivity contribution is 5.77. The van der Waals surface area contributed by atoms with E-state index in [1.807, 2.05) is 0 Å². The third kappa shape index (κ3) is 5.71. The van der Waals surface area contributed by atoms with Crippen molar-refractivity contribution in [1.29, 1.82) is 0 Å². The van der Waals surface area contributed by atoms with Crippen LogP contribution in [0.3, 0.4) is 0 Å². The largest absolute Gasteiger partial charge is 0.350 e. The van der Waals surface area contributed by atoms with Gasteiger partial charge in [-0.25, -0.2) is 0 Å². The van der Waals surface area contributed by atoms with Crippen LogP contribution < -0.4 is 4.90 Å². The molecule has 4 rings (SSSR count). The highest BCUT2D eigenvalue weighted by Gasteiger charge is 2.26. The number of hydrogen-bond acceptors (Lipinski definition) is 3. The molecular formula is C31H39NO2. The molecule has 3 aromatic rings. The van der Waals surface area contributed by atoms with Crippen molar-refractivity contribution in [2.24, 2.45) is 0 Å². The zero-order valence-electron chi connectivity index (χ0n) is 21.6. The fourth-order valence-corrected chi connectivity index (χ4v) is 4.66. The molecule has 0 N–H and O–H groups in total. The van der Waals surface area contributed by atoms with Crippen molar-refractivity contribution in [1.82, 2.24) is 0 Å². The number of hydrogen-bond donors (Lipinski definition) is 0. The fraction of sp³-hybridized carbons (Fsp3) is 0.419. The van der Waals surface area contributed by atoms with Gasteiger partial charge in [0.15, 0.2) is 6.29 Å². The molecule has 1 saturated heterocycles. The number of anilines is 3. The Balaban J connectivity index is 1.56. The fourth-order valence-electron chi connectivity index (χ4n) is 4.66. The minimum absolute atomic E-state index is 0.101. The van der Waals surface area contributed by atoms with Gasteiger partial charge in [0.05, 0.1) is 12.2 Å². The number of aryl methyl sites for hydroxylation is 5. The van der Waals surface area contributed by atoms with Crippen molar-refractivity contribution in [3.63, 3.8) is 0 Å². The summed E-state index contributed by atoms with van der Waals surface area (Å²) in [6.45, 7) is 13.0. The zero-order valence-corrected chi connectivity index (χ0v) is 21.6. The Hall–Kier alpha value is -2.62. The van der Waals surface area contributed by atoms with E-state index in [1.54, 1.807) is 0 Å². The normalized spacial score (nSPS) is 20.4. The number of rotatable bonds is 7. The Labute approximate surface area is 205 Å². The Kier molecular flexibility index (Phi) is 7.75. The van der Waals surface area contributed by atoms with Crippen molar-refractivity contribution >= 4 is 17.1 Å². The van der Waals surface area contributed by atoms with E-state index in [0.29, 0.717) is 6.10 Å². The summed E-state index contributed by atoms with van der Waals surface area (Å²) >= 11 is 0. The van der Waals surface area contributed by atoms with Crippen molar-refractivity contribution < 1.29 is 9.47 Å². The lowest BCUT2D eigenvalue weighted by molar-refractivity contribution is -0.240. The maximum Gasteiger partial charge on any atom is 0.158 e. The van der Waals surface area contributed by atoms with E-state index in [0.717, 1.165) is 25.7 Å². The molecule has 3 aromatic carbocycles. The SMILES string of the molecule is CCC1CC(C)OC(CCc2ccc(N(c3ccc(C)c(C)c3)c3ccc(C)c(C)c3)cc2)O1. The first-order valence-electron chi connectivity index (χ1n) is 12.7. The van der Waals surface area contributed by atoms with Gasteiger partial charge < -0.3 is 14.4 Å². The van der Waals surface area contributed by atoms with Crippen LogP contribution in [0.25, 0.3) is 0 Å². The second kappa shape index (κ2) is 10.8. The highest BCUT2D eigenvalue weighted by Crippen LogP contribution is 2.36. The van der Waals surface area contributed by atoms with Gasteiger partial charge in [-0.2, -0.15) is 0 Å². The van der Waals surface area contributed by atoms with E-state index in [4.69, 9.17) is 9.47 Å². The van der Waals surface area contributed by atoms with Gasteiger partial charge in [-0.3, -0.25) is 0 Å². The Morgan fingerprint density at radius 1 is 0.735 bits per heavy atom. The van der Waals surface area contributed by atoms with Gasteiger partial charge in [0, 0.05) is 23.5 Å². The summed E-state index contributed by atoms with van der Waals surface area (Å²) in [6, 6.07) is 22.4. The lowest BCUT2D eigenvalue weighted by Gasteiger charge is -2.34. The highest BCUT2D eigenvalue weighted by atomic mass is 16.7. The molecule has 1 heterocycles. The smallest absolute Gasteiger partial charge is 0.158 e. The average Bonchev–Trinajstić information content (AvgIpc) is 2.83. The molecule has 0 radical (unpaired) electrons. The maximum atomic E-state index is 6.12. The summed E-state index contributed by atoms with van der Waals surface area (Å²) in [4.78, 5) is 2.35. The van der Waals surface area contributed by atoms with E-state index in [9.17, 15) is 0 Å². The van der Waals surface area contributed by atoms with Crippen LogP contribution in [-0.4, -0.2) is 18.5 Å². The summed E-state index contributed by atoms with van der Waals surface area (Å²) in [5, 5.41) is 0. The minimum atomic E-state index is -0.101. The second-order valence-corrected chi connectivity index (χ2v) is 9.86. The van der Waals surface area contributed by atoms with Crippen LogP contribution in [0.15, 0.2) is 60.7 Å². The van der Waals surface area contributed by atoms with Crippen LogP contribution in [0.4, 0.5) is 17.1 Å². The number of nitrogens with zero attached hydrogens (tertiary/aromatic N) is 1. The molecule has 3 unspecified atom stereocenters. The topological polar surface area (TPSA) is 21.7 Å². The summed E-state index contributed by atoms with van der Waals surface area (Å²) in [6.07, 6.45) is 4.37. The second-order valence-electron chi connectivity index (χ2n) is 9.86. The van der Waals surface area contributed by atoms with E-state index in [2.05, 4.69) is 107 Å². The molecular weight excluding hydrogens is 418 g/mol. The van der Waals surface area contributed by atoms with Gasteiger partial charge in [0.25, 0.3) is 0 Å². The molecule has 0 aliphatic carbocycles. The first-order valence-corrected chi connectivity index (χ1v) is 12.7. The first-order chi connectivity index (χ1) is 16.3. The van der Waals surface area contributed by atoms with Crippen LogP contribution in [0.5, 0.6) is 0 Å². The third-order valence-electron chi connectivity index (χ3n) is 7.14. The first kappa shape index (κ1) is 24.5. The number of benzene rings is 3. The van der Waals surface area contributed by atoms with Gasteiger partial charge >= 0.3 is 0 Å². The molecule has 3 nitrogen and oxygen atoms in total. The maximum absolute atomic E-state index is 6.12. The zero-order chi connectivity index (χ0) is 24.2. The van der Waals surface area contributed by atoms with Crippen LogP contribution in [0.2, 0.25) is 0 Å². The lowest BCUT2D eigenvalue weighted by Crippen LogP contribution is -2.36. The lowest BCUT2D eigenvalue weighted by atomic mass is 10.0. The molecule has 0 amide bonds. The summed E-state index contributed by atoms with van der Waals surface area (Å²) in [5.74, 6) is 0. The van der Waals surface area contributed by atoms with E-state index < -0.39 is 0 Å². The molecule has 34 heavy (non-hydrogen) atoms. The molecule has 3 atom stereocenters. The Morgan fingerprint density at radius 2 is 1.29 bits per heavy atom. The molecule has 3 heteroatoms. The quantitative estimate of drug-likeness (QED) is 0.356. The van der Waals surface area contributed by atoms with Gasteiger partial charge in [0.2, 0.25) is 0 Å². The third-order valence-corrected chi connectivity index (χ3v) is 7.14. The molecule has 0 aromatic heterocycles. The predicted molar refractivity (Wildman–Crippen MR) is 143 cm³/mol. The van der Waals surface area contributed by atoms with E-state index >= 15 is 0 Å². The van der Waals surface area contributed by atoms with Crippen LogP contribution in [0.1, 0.15) is 60.9 Å². The van der Waals surface area contributed by atoms with Gasteiger partial charge in [0.1, 0.15) is 0 Å². The Morgan fingerprint density at radius 3 is 1.82 bits per heavy atom. The summed E-state index contributed by atoms with van der Waals surface area (Å²) in [5.41, 5.74) is 10.1. The van der Waals surface area contributed by atoms with E-state index in [-0.39, 0.29) is 12.4 Å². The van der Waals surface area contributed by atoms with E-state index in [1.165, 1.54) is 44.9 Å². The van der Waals surface area contributed by atoms with Crippen LogP contribution >= 0.6 is 0 Å². The van der Waals surface area contributed by atoms with Gasteiger partial charge in [-0.05, 0) is 118 Å². The van der Waals surface area contributed by atoms with Gasteiger partial charge in [-0.15, -0.1) is 0 Å². The summed E-state index contributed by atoms with van der Waals surface area (Å²) in [7, 11) is 0. The minimum Gasteiger partial charge on any atom is -0.350 e. The molecule has 0 bridgehead atoms. The monoisotopic (exact) mass is 457 g/mol. The molecule has 180 valence electrons. The molecule has 1 fully saturated rings. The van der Waals surface area contributed by atoms with Crippen LogP contribution in [0, 0.1) is 27.7 Å². The van der Waals surface area contributed by atoms with Gasteiger partial charge in [-0.1, -0.05) is 31.2 Å². The Bertz CT molecular complexity index is 1050. The molecule has 0 spiro atoms. The van der Waals surface area contributed by atoms with Crippen molar-refractivity contribution in [3.05, 3.63) is 88.5 Å². The molecule has 1 aliphatic heterocycles. The molecule has 1 aliphatic rings. The predicted octanol–water partition coefficient (Wildman–Crippen LogP) is 8.25. The van der Waals surface area contributed by atoms with Crippen molar-refractivity contribution in [3.8, 4) is 0 Å². The average molecular weight is 458 g/mol. The van der Waals surface area contributed by atoms with Crippen molar-refractivity contribution in [2.45, 2.75) is 85.7 Å². The van der Waals surface area contributed by atoms with Crippen molar-refractivity contribution in [2.75, 3.05) is 4.90 Å². The molecule has 0 saturated carbocycles. The van der Waals surface area contributed by atoms with Crippen LogP contribution in [-0.2, 0) is 15.9 Å². The number of ether oxygens (including phenoxy) is 2. The standard InChI is InChI=1S/C31H39NO2/c1-7-30-20-25(6)33-31(34-30)17-12-26-10-15-27(16-11-26)32(28-13-8-21(2)23(4)18-28)29-14-9-22(3)24(5)19-29/h8-11,13-16,18-19,25,30-31H,7,12,17,20H2,1-6H3. The summed E-state index contributed by atoms with van der Waals surface area (Å²) < 4.78 is 12.1.